The zero-order valence-electron chi connectivity index (χ0n) is 9.02. The third kappa shape index (κ3) is 2.13. The Labute approximate surface area is 90.2 Å². The van der Waals surface area contributed by atoms with Crippen molar-refractivity contribution in [2.45, 2.75) is 38.1 Å². The van der Waals surface area contributed by atoms with E-state index in [1.807, 2.05) is 4.90 Å². The van der Waals surface area contributed by atoms with Crippen LogP contribution in [0.3, 0.4) is 0 Å². The topological polar surface area (TPSA) is 40.6 Å². The summed E-state index contributed by atoms with van der Waals surface area (Å²) in [7, 11) is 0. The summed E-state index contributed by atoms with van der Waals surface area (Å²) >= 11 is 0. The van der Waals surface area contributed by atoms with Crippen LogP contribution >= 0.6 is 0 Å². The van der Waals surface area contributed by atoms with E-state index < -0.39 is 0 Å². The molecule has 2 rings (SSSR count). The van der Waals surface area contributed by atoms with Crippen LogP contribution in [0.4, 0.5) is 0 Å². The van der Waals surface area contributed by atoms with Crippen LogP contribution in [0.5, 0.6) is 0 Å². The molecule has 4 heteroatoms. The molecule has 0 N–H and O–H groups in total. The number of carbonyl (C=O) groups excluding carboxylic acids is 2. The van der Waals surface area contributed by atoms with Gasteiger partial charge >= 0.3 is 0 Å². The van der Waals surface area contributed by atoms with Gasteiger partial charge in [0.2, 0.25) is 12.3 Å². The standard InChI is InChI=1S/C11H18N2O2/c14-9-13-8-4-5-10(13)11(15)12-6-2-1-3-7-12/h9-10H,1-8H2/t10-/m0/s1. The smallest absolute Gasteiger partial charge is 0.245 e. The summed E-state index contributed by atoms with van der Waals surface area (Å²) in [6, 6.07) is -0.166. The van der Waals surface area contributed by atoms with Crippen LogP contribution in [0.15, 0.2) is 0 Å². The monoisotopic (exact) mass is 210 g/mol. The fourth-order valence-corrected chi connectivity index (χ4v) is 2.51. The first-order valence-electron chi connectivity index (χ1n) is 5.83. The summed E-state index contributed by atoms with van der Waals surface area (Å²) in [6.45, 7) is 2.50. The lowest BCUT2D eigenvalue weighted by Crippen LogP contribution is -2.47. The highest BCUT2D eigenvalue weighted by Crippen LogP contribution is 2.19. The van der Waals surface area contributed by atoms with Crippen molar-refractivity contribution in [1.29, 1.82) is 0 Å². The Morgan fingerprint density at radius 3 is 2.47 bits per heavy atom. The maximum Gasteiger partial charge on any atom is 0.245 e. The molecule has 15 heavy (non-hydrogen) atoms. The van der Waals surface area contributed by atoms with Gasteiger partial charge in [0.05, 0.1) is 0 Å². The molecule has 1 atom stereocenters. The molecule has 2 amide bonds. The molecule has 0 aliphatic carbocycles. The number of piperidine rings is 1. The number of amides is 2. The van der Waals surface area contributed by atoms with Crippen LogP contribution in [0, 0.1) is 0 Å². The molecule has 84 valence electrons. The normalized spacial score (nSPS) is 26.8. The van der Waals surface area contributed by atoms with Gasteiger partial charge in [-0.25, -0.2) is 0 Å². The number of rotatable bonds is 2. The van der Waals surface area contributed by atoms with E-state index in [9.17, 15) is 9.59 Å². The number of carbonyl (C=O) groups is 2. The lowest BCUT2D eigenvalue weighted by Gasteiger charge is -2.31. The molecular weight excluding hydrogens is 192 g/mol. The molecule has 2 saturated heterocycles. The highest BCUT2D eigenvalue weighted by atomic mass is 16.2. The van der Waals surface area contributed by atoms with E-state index in [0.29, 0.717) is 0 Å². The van der Waals surface area contributed by atoms with E-state index in [2.05, 4.69) is 0 Å². The Morgan fingerprint density at radius 1 is 1.07 bits per heavy atom. The van der Waals surface area contributed by atoms with Crippen molar-refractivity contribution in [2.24, 2.45) is 0 Å². The summed E-state index contributed by atoms with van der Waals surface area (Å²) in [4.78, 5) is 26.4. The Morgan fingerprint density at radius 2 is 1.80 bits per heavy atom. The van der Waals surface area contributed by atoms with Gasteiger partial charge in [0.1, 0.15) is 6.04 Å². The summed E-state index contributed by atoms with van der Waals surface area (Å²) in [5, 5.41) is 0. The summed E-state index contributed by atoms with van der Waals surface area (Å²) in [5.41, 5.74) is 0. The molecule has 0 spiro atoms. The second-order valence-electron chi connectivity index (χ2n) is 4.39. The molecule has 0 aromatic carbocycles. The van der Waals surface area contributed by atoms with Crippen LogP contribution in [-0.4, -0.2) is 47.8 Å². The molecule has 2 aliphatic rings. The number of nitrogens with zero attached hydrogens (tertiary/aromatic N) is 2. The lowest BCUT2D eigenvalue weighted by molar-refractivity contribution is -0.140. The molecule has 0 aromatic heterocycles. The maximum atomic E-state index is 12.1. The van der Waals surface area contributed by atoms with Gasteiger partial charge in [-0.1, -0.05) is 0 Å². The Hall–Kier alpha value is -1.06. The van der Waals surface area contributed by atoms with Crippen molar-refractivity contribution < 1.29 is 9.59 Å². The van der Waals surface area contributed by atoms with Gasteiger partial charge in [-0.2, -0.15) is 0 Å². The molecule has 4 nitrogen and oxygen atoms in total. The number of hydrogen-bond donors (Lipinski definition) is 0. The zero-order chi connectivity index (χ0) is 10.7. The second kappa shape index (κ2) is 4.64. The summed E-state index contributed by atoms with van der Waals surface area (Å²) in [5.74, 6) is 0.166. The third-order valence-electron chi connectivity index (χ3n) is 3.38. The van der Waals surface area contributed by atoms with Crippen molar-refractivity contribution in [1.82, 2.24) is 9.80 Å². The van der Waals surface area contributed by atoms with E-state index in [-0.39, 0.29) is 11.9 Å². The van der Waals surface area contributed by atoms with Gasteiger partial charge in [-0.05, 0) is 32.1 Å². The quantitative estimate of drug-likeness (QED) is 0.627. The molecule has 0 unspecified atom stereocenters. The largest absolute Gasteiger partial charge is 0.341 e. The Kier molecular flexibility index (Phi) is 3.23. The third-order valence-corrected chi connectivity index (χ3v) is 3.38. The molecule has 0 radical (unpaired) electrons. The van der Waals surface area contributed by atoms with Gasteiger partial charge < -0.3 is 9.80 Å². The van der Waals surface area contributed by atoms with Crippen molar-refractivity contribution in [3.05, 3.63) is 0 Å². The average molecular weight is 210 g/mol. The predicted octanol–water partition coefficient (Wildman–Crippen LogP) is 0.620. The van der Waals surface area contributed by atoms with E-state index >= 15 is 0 Å². The first-order chi connectivity index (χ1) is 7.33. The lowest BCUT2D eigenvalue weighted by atomic mass is 10.1. The van der Waals surface area contributed by atoms with Crippen LogP contribution < -0.4 is 0 Å². The molecule has 2 fully saturated rings. The first-order valence-corrected chi connectivity index (χ1v) is 5.83. The zero-order valence-corrected chi connectivity index (χ0v) is 9.02. The predicted molar refractivity (Wildman–Crippen MR) is 56.2 cm³/mol. The maximum absolute atomic E-state index is 12.1. The minimum Gasteiger partial charge on any atom is -0.341 e. The average Bonchev–Trinajstić information content (AvgIpc) is 2.77. The number of hydrogen-bond acceptors (Lipinski definition) is 2. The molecule has 0 aromatic rings. The molecule has 2 aliphatic heterocycles. The van der Waals surface area contributed by atoms with Crippen LogP contribution in [-0.2, 0) is 9.59 Å². The van der Waals surface area contributed by atoms with Gasteiger partial charge in [0, 0.05) is 19.6 Å². The molecule has 0 saturated carbocycles. The molecule has 2 heterocycles. The minimum absolute atomic E-state index is 0.166. The van der Waals surface area contributed by atoms with E-state index in [4.69, 9.17) is 0 Å². The Balaban J connectivity index is 1.96. The number of likely N-dealkylation sites (tertiary alicyclic amines) is 2. The first kappa shape index (κ1) is 10.5. The van der Waals surface area contributed by atoms with Crippen LogP contribution in [0.1, 0.15) is 32.1 Å². The fraction of sp³-hybridized carbons (Fsp3) is 0.818. The van der Waals surface area contributed by atoms with E-state index in [0.717, 1.165) is 51.7 Å². The Bertz CT molecular complexity index is 249. The SMILES string of the molecule is O=CN1CCC[C@H]1C(=O)N1CCCCC1. The van der Waals surface area contributed by atoms with Gasteiger partial charge in [-0.15, -0.1) is 0 Å². The van der Waals surface area contributed by atoms with Gasteiger partial charge in [0.15, 0.2) is 0 Å². The van der Waals surface area contributed by atoms with E-state index in [1.54, 1.807) is 4.90 Å². The summed E-state index contributed by atoms with van der Waals surface area (Å²) < 4.78 is 0. The van der Waals surface area contributed by atoms with Crippen molar-refractivity contribution in [3.8, 4) is 0 Å². The highest BCUT2D eigenvalue weighted by molar-refractivity contribution is 5.84. The van der Waals surface area contributed by atoms with Crippen LogP contribution in [0.2, 0.25) is 0 Å². The van der Waals surface area contributed by atoms with Crippen molar-refractivity contribution in [2.75, 3.05) is 19.6 Å². The molecular formula is C11H18N2O2. The fourth-order valence-electron chi connectivity index (χ4n) is 2.51. The minimum atomic E-state index is -0.166. The van der Waals surface area contributed by atoms with Gasteiger partial charge in [0.25, 0.3) is 0 Å². The van der Waals surface area contributed by atoms with Gasteiger partial charge in [-0.3, -0.25) is 9.59 Å². The van der Waals surface area contributed by atoms with Crippen LogP contribution in [0.25, 0.3) is 0 Å². The van der Waals surface area contributed by atoms with E-state index in [1.165, 1.54) is 6.42 Å². The molecule has 0 bridgehead atoms. The highest BCUT2D eigenvalue weighted by Gasteiger charge is 2.33. The van der Waals surface area contributed by atoms with Crippen molar-refractivity contribution >= 4 is 12.3 Å². The van der Waals surface area contributed by atoms with Crippen molar-refractivity contribution in [3.63, 3.8) is 0 Å². The summed E-state index contributed by atoms with van der Waals surface area (Å²) in [6.07, 6.45) is 6.07. The second-order valence-corrected chi connectivity index (χ2v) is 4.39.